The maximum absolute atomic E-state index is 11.7. The van der Waals surface area contributed by atoms with E-state index in [0.717, 1.165) is 32.4 Å². The summed E-state index contributed by atoms with van der Waals surface area (Å²) in [5.41, 5.74) is 0. The quantitative estimate of drug-likeness (QED) is 0.737. The van der Waals surface area contributed by atoms with Gasteiger partial charge in [0.2, 0.25) is 5.91 Å². The smallest absolute Gasteiger partial charge is 0.223 e. The van der Waals surface area contributed by atoms with Gasteiger partial charge < -0.3 is 10.2 Å². The number of nitrogens with zero attached hydrogens (tertiary/aromatic N) is 1. The van der Waals surface area contributed by atoms with Gasteiger partial charge >= 0.3 is 0 Å². The van der Waals surface area contributed by atoms with Crippen LogP contribution in [0.1, 0.15) is 33.1 Å². The number of rotatable bonds is 4. The summed E-state index contributed by atoms with van der Waals surface area (Å²) >= 11 is 0. The molecule has 0 aromatic rings. The van der Waals surface area contributed by atoms with Crippen LogP contribution in [0.2, 0.25) is 0 Å². The molecule has 1 N–H and O–H groups in total. The maximum atomic E-state index is 11.7. The molecule has 1 atom stereocenters. The van der Waals surface area contributed by atoms with Gasteiger partial charge in [0.25, 0.3) is 0 Å². The Labute approximate surface area is 86.9 Å². The van der Waals surface area contributed by atoms with Gasteiger partial charge in [-0.15, -0.1) is 0 Å². The lowest BCUT2D eigenvalue weighted by Crippen LogP contribution is -2.39. The van der Waals surface area contributed by atoms with Crippen molar-refractivity contribution in [3.05, 3.63) is 0 Å². The molecule has 1 aliphatic rings. The Morgan fingerprint density at radius 1 is 1.50 bits per heavy atom. The highest BCUT2D eigenvalue weighted by Crippen LogP contribution is 2.11. The first-order valence-corrected chi connectivity index (χ1v) is 5.66. The molecule has 0 aromatic heterocycles. The van der Waals surface area contributed by atoms with Crippen molar-refractivity contribution < 1.29 is 4.79 Å². The summed E-state index contributed by atoms with van der Waals surface area (Å²) in [4.78, 5) is 14.0. The van der Waals surface area contributed by atoms with Gasteiger partial charge in [-0.1, -0.05) is 13.8 Å². The summed E-state index contributed by atoms with van der Waals surface area (Å²) in [6, 6.07) is 0.382. The van der Waals surface area contributed by atoms with Crippen LogP contribution in [0.3, 0.4) is 0 Å². The lowest BCUT2D eigenvalue weighted by Gasteiger charge is -2.17. The second-order valence-electron chi connectivity index (χ2n) is 4.27. The molecule has 1 amide bonds. The summed E-state index contributed by atoms with van der Waals surface area (Å²) in [5, 5.41) is 3.13. The van der Waals surface area contributed by atoms with E-state index in [9.17, 15) is 4.79 Å². The van der Waals surface area contributed by atoms with E-state index in [4.69, 9.17) is 0 Å². The Morgan fingerprint density at radius 3 is 2.57 bits per heavy atom. The number of carbonyl (C=O) groups is 1. The van der Waals surface area contributed by atoms with Crippen LogP contribution in [0, 0.1) is 5.92 Å². The molecule has 0 spiro atoms. The Kier molecular flexibility index (Phi) is 4.39. The minimum atomic E-state index is 0.209. The third-order valence-electron chi connectivity index (χ3n) is 3.09. The van der Waals surface area contributed by atoms with E-state index in [-0.39, 0.29) is 11.8 Å². The molecule has 82 valence electrons. The molecule has 14 heavy (non-hydrogen) atoms. The molecular formula is C11H22N2O. The predicted molar refractivity (Wildman–Crippen MR) is 58.1 cm³/mol. The van der Waals surface area contributed by atoms with Gasteiger partial charge in [-0.3, -0.25) is 4.79 Å². The number of carbonyl (C=O) groups excluding carboxylic acids is 1. The monoisotopic (exact) mass is 198 g/mol. The van der Waals surface area contributed by atoms with Crippen molar-refractivity contribution in [2.24, 2.45) is 5.92 Å². The van der Waals surface area contributed by atoms with E-state index < -0.39 is 0 Å². The lowest BCUT2D eigenvalue weighted by atomic mass is 10.0. The third kappa shape index (κ3) is 2.98. The van der Waals surface area contributed by atoms with E-state index in [2.05, 4.69) is 31.1 Å². The van der Waals surface area contributed by atoms with Crippen molar-refractivity contribution in [1.82, 2.24) is 10.2 Å². The van der Waals surface area contributed by atoms with Crippen LogP contribution < -0.4 is 5.32 Å². The Hall–Kier alpha value is -0.570. The van der Waals surface area contributed by atoms with Gasteiger partial charge in [-0.05, 0) is 32.9 Å². The molecular weight excluding hydrogens is 176 g/mol. The van der Waals surface area contributed by atoms with Crippen molar-refractivity contribution in [1.29, 1.82) is 0 Å². The minimum Gasteiger partial charge on any atom is -0.352 e. The molecule has 3 heteroatoms. The minimum absolute atomic E-state index is 0.209. The van der Waals surface area contributed by atoms with Crippen molar-refractivity contribution in [2.45, 2.75) is 39.2 Å². The number of amides is 1. The predicted octanol–water partition coefficient (Wildman–Crippen LogP) is 1.24. The molecule has 1 heterocycles. The second-order valence-corrected chi connectivity index (χ2v) is 4.27. The van der Waals surface area contributed by atoms with Crippen molar-refractivity contribution in [3.8, 4) is 0 Å². The fraction of sp³-hybridized carbons (Fsp3) is 0.909. The molecule has 1 unspecified atom stereocenters. The molecule has 0 saturated carbocycles. The lowest BCUT2D eigenvalue weighted by molar-refractivity contribution is -0.125. The van der Waals surface area contributed by atoms with Crippen molar-refractivity contribution in [2.75, 3.05) is 20.1 Å². The highest BCUT2D eigenvalue weighted by molar-refractivity contribution is 5.78. The first kappa shape index (κ1) is 11.5. The van der Waals surface area contributed by atoms with Crippen molar-refractivity contribution in [3.63, 3.8) is 0 Å². The van der Waals surface area contributed by atoms with Gasteiger partial charge in [-0.2, -0.15) is 0 Å². The second kappa shape index (κ2) is 5.35. The van der Waals surface area contributed by atoms with E-state index >= 15 is 0 Å². The molecule has 0 bridgehead atoms. The van der Waals surface area contributed by atoms with Crippen LogP contribution in [0.4, 0.5) is 0 Å². The standard InChI is InChI=1S/C11H22N2O/c1-4-9(5-2)11(14)12-10-6-7-13(3)8-10/h9-10H,4-8H2,1-3H3,(H,12,14). The summed E-state index contributed by atoms with van der Waals surface area (Å²) in [7, 11) is 2.10. The van der Waals surface area contributed by atoms with Gasteiger partial charge in [0, 0.05) is 18.5 Å². The van der Waals surface area contributed by atoms with E-state index in [1.54, 1.807) is 0 Å². The maximum Gasteiger partial charge on any atom is 0.223 e. The SMILES string of the molecule is CCC(CC)C(=O)NC1CCN(C)C1. The fourth-order valence-corrected chi connectivity index (χ4v) is 2.03. The van der Waals surface area contributed by atoms with Gasteiger partial charge in [0.15, 0.2) is 0 Å². The topological polar surface area (TPSA) is 32.3 Å². The molecule has 3 nitrogen and oxygen atoms in total. The third-order valence-corrected chi connectivity index (χ3v) is 3.09. The highest BCUT2D eigenvalue weighted by atomic mass is 16.1. The summed E-state index contributed by atoms with van der Waals surface area (Å²) < 4.78 is 0. The molecule has 1 saturated heterocycles. The molecule has 1 rings (SSSR count). The average molecular weight is 198 g/mol. The Bertz CT molecular complexity index is 190. The Morgan fingerprint density at radius 2 is 2.14 bits per heavy atom. The van der Waals surface area contributed by atoms with E-state index in [1.807, 2.05) is 0 Å². The van der Waals surface area contributed by atoms with Crippen LogP contribution in [0.25, 0.3) is 0 Å². The average Bonchev–Trinajstić information content (AvgIpc) is 2.53. The van der Waals surface area contributed by atoms with Crippen LogP contribution in [0.15, 0.2) is 0 Å². The summed E-state index contributed by atoms with van der Waals surface area (Å²) in [5.74, 6) is 0.455. The highest BCUT2D eigenvalue weighted by Gasteiger charge is 2.23. The number of likely N-dealkylation sites (N-methyl/N-ethyl adjacent to an activating group) is 1. The largest absolute Gasteiger partial charge is 0.352 e. The summed E-state index contributed by atoms with van der Waals surface area (Å²) in [6.45, 7) is 6.27. The zero-order valence-corrected chi connectivity index (χ0v) is 9.55. The van der Waals surface area contributed by atoms with E-state index in [1.165, 1.54) is 0 Å². The first-order valence-electron chi connectivity index (χ1n) is 5.66. The number of hydrogen-bond donors (Lipinski definition) is 1. The molecule has 0 radical (unpaired) electrons. The van der Waals surface area contributed by atoms with E-state index in [0.29, 0.717) is 6.04 Å². The first-order chi connectivity index (χ1) is 6.67. The van der Waals surface area contributed by atoms with Gasteiger partial charge in [0.05, 0.1) is 0 Å². The van der Waals surface area contributed by atoms with Crippen LogP contribution >= 0.6 is 0 Å². The van der Waals surface area contributed by atoms with Crippen molar-refractivity contribution >= 4 is 5.91 Å². The fourth-order valence-electron chi connectivity index (χ4n) is 2.03. The van der Waals surface area contributed by atoms with Gasteiger partial charge in [-0.25, -0.2) is 0 Å². The molecule has 0 aromatic carbocycles. The molecule has 1 aliphatic heterocycles. The Balaban J connectivity index is 2.32. The number of hydrogen-bond acceptors (Lipinski definition) is 2. The van der Waals surface area contributed by atoms with Crippen LogP contribution in [0.5, 0.6) is 0 Å². The van der Waals surface area contributed by atoms with Crippen LogP contribution in [-0.4, -0.2) is 37.0 Å². The number of nitrogens with one attached hydrogen (secondary N) is 1. The molecule has 1 fully saturated rings. The zero-order chi connectivity index (χ0) is 10.6. The molecule has 0 aliphatic carbocycles. The summed E-state index contributed by atoms with van der Waals surface area (Å²) in [6.07, 6.45) is 3.00. The number of likely N-dealkylation sites (tertiary alicyclic amines) is 1. The normalized spacial score (nSPS) is 23.0. The van der Waals surface area contributed by atoms with Gasteiger partial charge in [0.1, 0.15) is 0 Å². The van der Waals surface area contributed by atoms with Crippen LogP contribution in [-0.2, 0) is 4.79 Å². The zero-order valence-electron chi connectivity index (χ0n) is 9.55.